The number of alkyl carbamates (subject to hydrolysis) is 1. The van der Waals surface area contributed by atoms with Crippen LogP contribution in [0.2, 0.25) is 0 Å². The van der Waals surface area contributed by atoms with Crippen molar-refractivity contribution in [2.45, 2.75) is 77.9 Å². The highest BCUT2D eigenvalue weighted by Crippen LogP contribution is 2.43. The van der Waals surface area contributed by atoms with Crippen LogP contribution in [0.4, 0.5) is 4.79 Å². The van der Waals surface area contributed by atoms with Crippen LogP contribution in [0.25, 0.3) is 0 Å². The summed E-state index contributed by atoms with van der Waals surface area (Å²) in [6, 6.07) is -1.31. The van der Waals surface area contributed by atoms with E-state index in [-0.39, 0.29) is 13.2 Å². The first-order chi connectivity index (χ1) is 13.5. The Morgan fingerprint density at radius 2 is 1.72 bits per heavy atom. The molecule has 1 amide bonds. The molecule has 2 atom stereocenters. The summed E-state index contributed by atoms with van der Waals surface area (Å²) in [5.41, 5.74) is 4.62. The summed E-state index contributed by atoms with van der Waals surface area (Å²) in [5, 5.41) is 2.30. The molecule has 0 saturated heterocycles. The second kappa shape index (κ2) is 14.7. The summed E-state index contributed by atoms with van der Waals surface area (Å²) < 4.78 is 31.9. The number of carbonyl (C=O) groups excluding carboxylic acids is 2. The van der Waals surface area contributed by atoms with Crippen molar-refractivity contribution in [1.82, 2.24) is 5.32 Å². The zero-order chi connectivity index (χ0) is 22.3. The molecule has 0 aromatic rings. The lowest BCUT2D eigenvalue weighted by Gasteiger charge is -2.23. The third kappa shape index (κ3) is 16.3. The largest absolute Gasteiger partial charge is 0.472 e. The van der Waals surface area contributed by atoms with E-state index in [0.29, 0.717) is 19.4 Å². The quantitative estimate of drug-likeness (QED) is 0.199. The highest BCUT2D eigenvalue weighted by Gasteiger charge is 2.30. The first-order valence-electron chi connectivity index (χ1n) is 9.99. The average Bonchev–Trinajstić information content (AvgIpc) is 2.60. The van der Waals surface area contributed by atoms with Crippen molar-refractivity contribution in [3.63, 3.8) is 0 Å². The van der Waals surface area contributed by atoms with E-state index in [1.807, 2.05) is 6.92 Å². The van der Waals surface area contributed by atoms with Gasteiger partial charge >= 0.3 is 19.9 Å². The van der Waals surface area contributed by atoms with Crippen molar-refractivity contribution in [3.8, 4) is 0 Å². The van der Waals surface area contributed by atoms with E-state index in [2.05, 4.69) is 5.32 Å². The Hall–Kier alpha value is -1.19. The fourth-order valence-corrected chi connectivity index (χ4v) is 2.79. The van der Waals surface area contributed by atoms with Gasteiger partial charge in [0.2, 0.25) is 0 Å². The number of carbonyl (C=O) groups is 2. The number of esters is 1. The fourth-order valence-electron chi connectivity index (χ4n) is 2.02. The third-order valence-corrected chi connectivity index (χ3v) is 4.46. The molecule has 172 valence electrons. The number of hydrogen-bond donors (Lipinski definition) is 3. The molecule has 0 aliphatic heterocycles. The van der Waals surface area contributed by atoms with Gasteiger partial charge in [0.15, 0.2) is 6.04 Å². The van der Waals surface area contributed by atoms with Gasteiger partial charge in [0.1, 0.15) is 5.60 Å². The van der Waals surface area contributed by atoms with E-state index in [1.165, 1.54) is 0 Å². The molecule has 0 bridgehead atoms. The van der Waals surface area contributed by atoms with Gasteiger partial charge in [-0.2, -0.15) is 0 Å². The van der Waals surface area contributed by atoms with Crippen LogP contribution in [-0.2, 0) is 27.9 Å². The van der Waals surface area contributed by atoms with Crippen molar-refractivity contribution in [3.05, 3.63) is 0 Å². The number of rotatable bonds is 15. The molecule has 2 unspecified atom stereocenters. The van der Waals surface area contributed by atoms with Crippen LogP contribution in [0, 0.1) is 0 Å². The van der Waals surface area contributed by atoms with Crippen molar-refractivity contribution in [2.24, 2.45) is 5.73 Å². The van der Waals surface area contributed by atoms with Gasteiger partial charge in [-0.1, -0.05) is 26.2 Å². The van der Waals surface area contributed by atoms with Crippen LogP contribution < -0.4 is 11.1 Å². The topological polar surface area (TPSA) is 146 Å². The van der Waals surface area contributed by atoms with Gasteiger partial charge in [0, 0.05) is 0 Å². The number of ether oxygens (including phenoxy) is 2. The Morgan fingerprint density at radius 3 is 2.31 bits per heavy atom. The van der Waals surface area contributed by atoms with Crippen molar-refractivity contribution in [2.75, 3.05) is 26.4 Å². The minimum absolute atomic E-state index is 0.0312. The molecule has 0 radical (unpaired) electrons. The van der Waals surface area contributed by atoms with E-state index < -0.39 is 38.1 Å². The molecule has 0 saturated carbocycles. The number of unbranched alkanes of at least 4 members (excludes halogenated alkanes) is 4. The van der Waals surface area contributed by atoms with E-state index in [0.717, 1.165) is 25.7 Å². The lowest BCUT2D eigenvalue weighted by molar-refractivity contribution is -0.147. The zero-order valence-corrected chi connectivity index (χ0v) is 18.9. The van der Waals surface area contributed by atoms with E-state index >= 15 is 0 Å². The fraction of sp³-hybridized carbons (Fsp3) is 0.889. The van der Waals surface area contributed by atoms with Crippen LogP contribution in [-0.4, -0.2) is 55.0 Å². The number of hydrogen-bond acceptors (Lipinski definition) is 8. The molecule has 29 heavy (non-hydrogen) atoms. The summed E-state index contributed by atoms with van der Waals surface area (Å²) >= 11 is 0. The lowest BCUT2D eigenvalue weighted by atomic mass is 10.2. The van der Waals surface area contributed by atoms with Crippen LogP contribution in [0.1, 0.15) is 66.2 Å². The summed E-state index contributed by atoms with van der Waals surface area (Å²) in [4.78, 5) is 33.9. The summed E-state index contributed by atoms with van der Waals surface area (Å²) in [6.07, 6.45) is 3.77. The number of phosphoric ester groups is 1. The van der Waals surface area contributed by atoms with E-state index in [4.69, 9.17) is 24.3 Å². The van der Waals surface area contributed by atoms with Gasteiger partial charge in [-0.05, 0) is 46.6 Å². The highest BCUT2D eigenvalue weighted by atomic mass is 31.2. The Bertz CT molecular complexity index is 524. The Labute approximate surface area is 173 Å². The van der Waals surface area contributed by atoms with Gasteiger partial charge in [-0.25, -0.2) is 14.2 Å². The number of phosphoric acid groups is 1. The molecule has 0 aliphatic rings. The molecule has 11 heteroatoms. The molecular formula is C18H37N2O8P. The highest BCUT2D eigenvalue weighted by molar-refractivity contribution is 7.47. The van der Waals surface area contributed by atoms with E-state index in [9.17, 15) is 19.0 Å². The summed E-state index contributed by atoms with van der Waals surface area (Å²) in [5.74, 6) is -0.786. The maximum absolute atomic E-state index is 12.2. The monoisotopic (exact) mass is 440 g/mol. The number of nitrogens with two attached hydrogens (primary N) is 1. The number of amides is 1. The normalized spacial score (nSPS) is 14.7. The van der Waals surface area contributed by atoms with Crippen molar-refractivity contribution < 1.29 is 37.6 Å². The summed E-state index contributed by atoms with van der Waals surface area (Å²) in [7, 11) is -4.38. The SMILES string of the molecule is CCCCOC(=O)C(COP(=O)(O)OCCCCCCN)NC(=O)OC(C)(C)C. The predicted octanol–water partition coefficient (Wildman–Crippen LogP) is 2.88. The molecule has 4 N–H and O–H groups in total. The molecule has 0 aromatic heterocycles. The number of nitrogens with one attached hydrogen (secondary N) is 1. The van der Waals surface area contributed by atoms with Gasteiger partial charge in [-0.3, -0.25) is 9.05 Å². The third-order valence-electron chi connectivity index (χ3n) is 3.47. The molecule has 0 heterocycles. The van der Waals surface area contributed by atoms with Gasteiger partial charge in [-0.15, -0.1) is 0 Å². The molecule has 0 fully saturated rings. The summed E-state index contributed by atoms with van der Waals surface area (Å²) in [6.45, 7) is 7.14. The zero-order valence-electron chi connectivity index (χ0n) is 18.0. The Morgan fingerprint density at radius 1 is 1.07 bits per heavy atom. The van der Waals surface area contributed by atoms with Crippen LogP contribution in [0.15, 0.2) is 0 Å². The Balaban J connectivity index is 4.65. The average molecular weight is 440 g/mol. The molecule has 0 aliphatic carbocycles. The van der Waals surface area contributed by atoms with Crippen LogP contribution in [0.5, 0.6) is 0 Å². The second-order valence-electron chi connectivity index (χ2n) is 7.52. The van der Waals surface area contributed by atoms with Crippen molar-refractivity contribution >= 4 is 19.9 Å². The Kier molecular flexibility index (Phi) is 14.1. The molecule has 0 rings (SSSR count). The van der Waals surface area contributed by atoms with Gasteiger partial charge < -0.3 is 25.4 Å². The smallest absolute Gasteiger partial charge is 0.464 e. The maximum Gasteiger partial charge on any atom is 0.472 e. The van der Waals surface area contributed by atoms with Gasteiger partial charge in [0.05, 0.1) is 19.8 Å². The minimum Gasteiger partial charge on any atom is -0.464 e. The van der Waals surface area contributed by atoms with Crippen LogP contribution in [0.3, 0.4) is 0 Å². The molecule has 10 nitrogen and oxygen atoms in total. The predicted molar refractivity (Wildman–Crippen MR) is 108 cm³/mol. The molecular weight excluding hydrogens is 403 g/mol. The lowest BCUT2D eigenvalue weighted by Crippen LogP contribution is -2.46. The van der Waals surface area contributed by atoms with Crippen LogP contribution >= 0.6 is 7.82 Å². The molecule has 0 aromatic carbocycles. The maximum atomic E-state index is 12.2. The second-order valence-corrected chi connectivity index (χ2v) is 8.97. The minimum atomic E-state index is -4.38. The molecule has 0 spiro atoms. The first-order valence-corrected chi connectivity index (χ1v) is 11.5. The van der Waals surface area contributed by atoms with Gasteiger partial charge in [0.25, 0.3) is 0 Å². The van der Waals surface area contributed by atoms with Crippen molar-refractivity contribution in [1.29, 1.82) is 0 Å². The standard InChI is InChI=1S/C18H37N2O8P/c1-5-6-12-25-16(21)15(20-17(22)28-18(2,3)4)14-27-29(23,24)26-13-10-8-7-9-11-19/h15H,5-14,19H2,1-4H3,(H,20,22)(H,23,24). The van der Waals surface area contributed by atoms with E-state index in [1.54, 1.807) is 20.8 Å². The first kappa shape index (κ1) is 27.8.